The molecule has 0 aliphatic rings. The number of benzene rings is 1. The van der Waals surface area contributed by atoms with Crippen molar-refractivity contribution in [2.24, 2.45) is 0 Å². The number of nitrogens with one attached hydrogen (secondary N) is 1. The molecule has 0 atom stereocenters. The Kier molecular flexibility index (Phi) is 1.93. The molecule has 1 aromatic heterocycles. The first kappa shape index (κ1) is 8.78. The van der Waals surface area contributed by atoms with Crippen molar-refractivity contribution in [2.45, 2.75) is 13.8 Å². The monoisotopic (exact) mass is 213 g/mol. The highest BCUT2D eigenvalue weighted by Gasteiger charge is 2.08. The molecule has 0 aliphatic carbocycles. The highest BCUT2D eigenvalue weighted by molar-refractivity contribution is 7.71. The van der Waals surface area contributed by atoms with Gasteiger partial charge in [0.15, 0.2) is 5.58 Å². The van der Waals surface area contributed by atoms with Crippen molar-refractivity contribution in [3.05, 3.63) is 27.1 Å². The number of hydrogen-bond acceptors (Lipinski definition) is 2. The lowest BCUT2D eigenvalue weighted by molar-refractivity contribution is 0.583. The molecule has 0 bridgehead atoms. The van der Waals surface area contributed by atoms with Gasteiger partial charge in [-0.1, -0.05) is 11.6 Å². The third-order valence-electron chi connectivity index (χ3n) is 2.07. The second-order valence-corrected chi connectivity index (χ2v) is 3.77. The van der Waals surface area contributed by atoms with Crippen LogP contribution in [0.3, 0.4) is 0 Å². The SMILES string of the molecule is Cc1cc2oc(=S)[nH]c2c(C)c1Cl. The number of H-pyrrole nitrogens is 1. The second kappa shape index (κ2) is 2.86. The van der Waals surface area contributed by atoms with Gasteiger partial charge in [0.05, 0.1) is 5.52 Å². The van der Waals surface area contributed by atoms with Crippen molar-refractivity contribution < 1.29 is 4.42 Å². The van der Waals surface area contributed by atoms with Crippen molar-refractivity contribution >= 4 is 34.9 Å². The Bertz CT molecular complexity index is 526. The molecule has 0 spiro atoms. The molecule has 1 heterocycles. The van der Waals surface area contributed by atoms with E-state index in [0.717, 1.165) is 27.2 Å². The lowest BCUT2D eigenvalue weighted by Gasteiger charge is -2.01. The van der Waals surface area contributed by atoms with Crippen LogP contribution in [0.5, 0.6) is 0 Å². The summed E-state index contributed by atoms with van der Waals surface area (Å²) >= 11 is 11.0. The molecule has 4 heteroatoms. The molecule has 2 nitrogen and oxygen atoms in total. The minimum absolute atomic E-state index is 0.389. The zero-order valence-electron chi connectivity index (χ0n) is 7.27. The molecule has 0 amide bonds. The minimum Gasteiger partial charge on any atom is -0.429 e. The Morgan fingerprint density at radius 1 is 1.46 bits per heavy atom. The molecule has 13 heavy (non-hydrogen) atoms. The smallest absolute Gasteiger partial charge is 0.266 e. The van der Waals surface area contributed by atoms with E-state index >= 15 is 0 Å². The van der Waals surface area contributed by atoms with Gasteiger partial charge < -0.3 is 9.40 Å². The van der Waals surface area contributed by atoms with E-state index in [9.17, 15) is 0 Å². The van der Waals surface area contributed by atoms with E-state index in [1.54, 1.807) is 0 Å². The largest absolute Gasteiger partial charge is 0.429 e. The van der Waals surface area contributed by atoms with E-state index in [2.05, 4.69) is 4.98 Å². The Morgan fingerprint density at radius 3 is 2.85 bits per heavy atom. The van der Waals surface area contributed by atoms with E-state index in [1.807, 2.05) is 19.9 Å². The molecular formula is C9H8ClNOS. The Labute approximate surface area is 85.5 Å². The van der Waals surface area contributed by atoms with Gasteiger partial charge in [-0.3, -0.25) is 0 Å². The average molecular weight is 214 g/mol. The maximum Gasteiger partial charge on any atom is 0.266 e. The van der Waals surface area contributed by atoms with Crippen LogP contribution >= 0.6 is 23.8 Å². The molecule has 68 valence electrons. The van der Waals surface area contributed by atoms with E-state index in [4.69, 9.17) is 28.2 Å². The van der Waals surface area contributed by atoms with Gasteiger partial charge in [0.2, 0.25) is 0 Å². The lowest BCUT2D eigenvalue weighted by atomic mass is 10.1. The maximum absolute atomic E-state index is 6.07. The molecule has 1 aromatic carbocycles. The van der Waals surface area contributed by atoms with Crippen LogP contribution in [0, 0.1) is 18.7 Å². The van der Waals surface area contributed by atoms with Crippen molar-refractivity contribution in [1.29, 1.82) is 0 Å². The molecular weight excluding hydrogens is 206 g/mol. The van der Waals surface area contributed by atoms with Gasteiger partial charge in [0.25, 0.3) is 4.84 Å². The first-order valence-corrected chi connectivity index (χ1v) is 4.66. The highest BCUT2D eigenvalue weighted by Crippen LogP contribution is 2.28. The zero-order chi connectivity index (χ0) is 9.59. The van der Waals surface area contributed by atoms with Gasteiger partial charge in [0.1, 0.15) is 0 Å². The molecule has 2 aromatic rings. The summed E-state index contributed by atoms with van der Waals surface area (Å²) in [4.78, 5) is 3.35. The molecule has 1 N–H and O–H groups in total. The highest BCUT2D eigenvalue weighted by atomic mass is 35.5. The molecule has 0 saturated heterocycles. The van der Waals surface area contributed by atoms with E-state index in [0.29, 0.717) is 4.84 Å². The Morgan fingerprint density at radius 2 is 2.15 bits per heavy atom. The van der Waals surface area contributed by atoms with E-state index in [-0.39, 0.29) is 0 Å². The van der Waals surface area contributed by atoms with Crippen molar-refractivity contribution in [3.63, 3.8) is 0 Å². The number of hydrogen-bond donors (Lipinski definition) is 1. The Hall–Kier alpha value is -0.800. The molecule has 0 saturated carbocycles. The fraction of sp³-hybridized carbons (Fsp3) is 0.222. The zero-order valence-corrected chi connectivity index (χ0v) is 8.84. The third kappa shape index (κ3) is 1.28. The molecule has 0 radical (unpaired) electrons. The van der Waals surface area contributed by atoms with Crippen LogP contribution in [0.1, 0.15) is 11.1 Å². The standard InChI is InChI=1S/C9H8ClNOS/c1-4-3-6-8(5(2)7(4)10)11-9(13)12-6/h3H,1-2H3,(H,11,13). The number of rotatable bonds is 0. The maximum atomic E-state index is 6.07. The quantitative estimate of drug-likeness (QED) is 0.675. The van der Waals surface area contributed by atoms with Crippen LogP contribution in [0.15, 0.2) is 10.5 Å². The number of halogens is 1. The Balaban J connectivity index is 3.00. The van der Waals surface area contributed by atoms with Gasteiger partial charge in [-0.2, -0.15) is 0 Å². The van der Waals surface area contributed by atoms with Crippen molar-refractivity contribution in [2.75, 3.05) is 0 Å². The van der Waals surface area contributed by atoms with Crippen molar-refractivity contribution in [1.82, 2.24) is 4.98 Å². The van der Waals surface area contributed by atoms with Crippen LogP contribution in [0.2, 0.25) is 5.02 Å². The number of aryl methyl sites for hydroxylation is 2. The fourth-order valence-electron chi connectivity index (χ4n) is 1.39. The summed E-state index contributed by atoms with van der Waals surface area (Å²) in [6.45, 7) is 3.89. The number of fused-ring (bicyclic) bond motifs is 1. The summed E-state index contributed by atoms with van der Waals surface area (Å²) in [7, 11) is 0. The summed E-state index contributed by atoms with van der Waals surface area (Å²) < 4.78 is 5.29. The first-order valence-electron chi connectivity index (χ1n) is 3.88. The molecule has 0 fully saturated rings. The third-order valence-corrected chi connectivity index (χ3v) is 2.84. The number of oxazole rings is 1. The van der Waals surface area contributed by atoms with Crippen LogP contribution in [0.4, 0.5) is 0 Å². The topological polar surface area (TPSA) is 28.9 Å². The van der Waals surface area contributed by atoms with Gasteiger partial charge in [-0.05, 0) is 43.3 Å². The molecule has 0 unspecified atom stereocenters. The van der Waals surface area contributed by atoms with Crippen molar-refractivity contribution in [3.8, 4) is 0 Å². The van der Waals surface area contributed by atoms with Crippen LogP contribution in [-0.4, -0.2) is 4.98 Å². The summed E-state index contributed by atoms with van der Waals surface area (Å²) in [5.74, 6) is 0. The van der Waals surface area contributed by atoms with Gasteiger partial charge in [-0.15, -0.1) is 0 Å². The lowest BCUT2D eigenvalue weighted by Crippen LogP contribution is -1.82. The van der Waals surface area contributed by atoms with Gasteiger partial charge >= 0.3 is 0 Å². The van der Waals surface area contributed by atoms with E-state index in [1.165, 1.54) is 0 Å². The number of aromatic nitrogens is 1. The second-order valence-electron chi connectivity index (χ2n) is 3.02. The summed E-state index contributed by atoms with van der Waals surface area (Å²) in [6.07, 6.45) is 0. The van der Waals surface area contributed by atoms with E-state index < -0.39 is 0 Å². The minimum atomic E-state index is 0.389. The van der Waals surface area contributed by atoms with Crippen LogP contribution in [-0.2, 0) is 0 Å². The van der Waals surface area contributed by atoms with Crippen LogP contribution in [0.25, 0.3) is 11.1 Å². The predicted octanol–water partition coefficient (Wildman–Crippen LogP) is 3.76. The average Bonchev–Trinajstić information content (AvgIpc) is 2.42. The summed E-state index contributed by atoms with van der Waals surface area (Å²) in [6, 6.07) is 1.89. The first-order chi connectivity index (χ1) is 6.09. The normalized spacial score (nSPS) is 11.0. The van der Waals surface area contributed by atoms with Gasteiger partial charge in [-0.25, -0.2) is 0 Å². The van der Waals surface area contributed by atoms with Gasteiger partial charge in [0, 0.05) is 5.02 Å². The predicted molar refractivity (Wildman–Crippen MR) is 55.9 cm³/mol. The molecule has 2 rings (SSSR count). The fourth-order valence-corrected chi connectivity index (χ4v) is 1.73. The molecule has 0 aliphatic heterocycles. The number of aromatic amines is 1. The van der Waals surface area contributed by atoms with Crippen LogP contribution < -0.4 is 0 Å². The summed E-state index contributed by atoms with van der Waals surface area (Å²) in [5, 5.41) is 0.763. The summed E-state index contributed by atoms with van der Waals surface area (Å²) in [5.41, 5.74) is 3.64.